The summed E-state index contributed by atoms with van der Waals surface area (Å²) in [6.45, 7) is 8.78. The molecule has 0 aromatic heterocycles. The Morgan fingerprint density at radius 3 is 2.57 bits per heavy atom. The van der Waals surface area contributed by atoms with E-state index in [4.69, 9.17) is 13.6 Å². The lowest BCUT2D eigenvalue weighted by Gasteiger charge is -2.21. The Kier molecular flexibility index (Phi) is 5.09. The van der Waals surface area contributed by atoms with Crippen molar-refractivity contribution in [3.63, 3.8) is 0 Å². The summed E-state index contributed by atoms with van der Waals surface area (Å²) in [5, 5.41) is 0. The largest absolute Gasteiger partial charge is 0.395 e. The molecule has 84 valence electrons. The molecule has 0 spiro atoms. The summed E-state index contributed by atoms with van der Waals surface area (Å²) in [6.07, 6.45) is 4.09. The summed E-state index contributed by atoms with van der Waals surface area (Å²) >= 11 is 0. The summed E-state index contributed by atoms with van der Waals surface area (Å²) in [7, 11) is -1.80. The molecule has 0 saturated carbocycles. The smallest absolute Gasteiger partial charge is 0.331 e. The Labute approximate surface area is 88.0 Å². The fourth-order valence-electron chi connectivity index (χ4n) is 1.42. The van der Waals surface area contributed by atoms with E-state index >= 15 is 0 Å². The van der Waals surface area contributed by atoms with E-state index in [1.54, 1.807) is 0 Å². The molecular weight excluding hydrogens is 196 g/mol. The highest BCUT2D eigenvalue weighted by atomic mass is 28.4. The highest BCUT2D eigenvalue weighted by molar-refractivity contribution is 6.64. The maximum Gasteiger partial charge on any atom is 0.331 e. The zero-order valence-corrected chi connectivity index (χ0v) is 10.5. The minimum absolute atomic E-state index is 0.562. The summed E-state index contributed by atoms with van der Waals surface area (Å²) in [4.78, 5) is 0. The van der Waals surface area contributed by atoms with Gasteiger partial charge in [0, 0.05) is 13.2 Å². The van der Waals surface area contributed by atoms with Crippen molar-refractivity contribution in [2.75, 3.05) is 19.8 Å². The van der Waals surface area contributed by atoms with Gasteiger partial charge in [0.2, 0.25) is 0 Å². The van der Waals surface area contributed by atoms with Crippen LogP contribution in [0.4, 0.5) is 0 Å². The lowest BCUT2D eigenvalue weighted by Crippen LogP contribution is -2.35. The van der Waals surface area contributed by atoms with Crippen LogP contribution in [0.5, 0.6) is 0 Å². The van der Waals surface area contributed by atoms with E-state index < -0.39 is 8.56 Å². The molecule has 1 saturated heterocycles. The zero-order valence-electron chi connectivity index (χ0n) is 9.54. The van der Waals surface area contributed by atoms with Crippen LogP contribution in [-0.2, 0) is 13.6 Å². The second kappa shape index (κ2) is 5.85. The van der Waals surface area contributed by atoms with Gasteiger partial charge in [-0.05, 0) is 39.3 Å². The molecule has 0 aliphatic carbocycles. The van der Waals surface area contributed by atoms with Crippen molar-refractivity contribution < 1.29 is 13.6 Å². The number of unbranched alkanes of at least 4 members (excludes halogenated alkanes) is 1. The van der Waals surface area contributed by atoms with Crippen molar-refractivity contribution in [1.82, 2.24) is 0 Å². The van der Waals surface area contributed by atoms with Gasteiger partial charge in [0.05, 0.1) is 12.7 Å². The van der Waals surface area contributed by atoms with Gasteiger partial charge in [0.1, 0.15) is 0 Å². The van der Waals surface area contributed by atoms with Crippen molar-refractivity contribution in [3.8, 4) is 0 Å². The number of rotatable bonds is 8. The predicted molar refractivity (Wildman–Crippen MR) is 58.7 cm³/mol. The van der Waals surface area contributed by atoms with Crippen molar-refractivity contribution >= 4 is 8.56 Å². The predicted octanol–water partition coefficient (Wildman–Crippen LogP) is 2.31. The monoisotopic (exact) mass is 218 g/mol. The third-order valence-electron chi connectivity index (χ3n) is 2.26. The Balaban J connectivity index is 1.90. The molecule has 1 rings (SSSR count). The number of ether oxygens (including phenoxy) is 1. The van der Waals surface area contributed by atoms with Gasteiger partial charge in [0.25, 0.3) is 0 Å². The van der Waals surface area contributed by atoms with E-state index in [-0.39, 0.29) is 0 Å². The fourth-order valence-corrected chi connectivity index (χ4v) is 2.83. The summed E-state index contributed by atoms with van der Waals surface area (Å²) < 4.78 is 16.4. The van der Waals surface area contributed by atoms with Crippen LogP contribution in [0.25, 0.3) is 0 Å². The number of hydrogen-bond donors (Lipinski definition) is 0. The third kappa shape index (κ3) is 5.75. The molecule has 0 aromatic carbocycles. The van der Waals surface area contributed by atoms with Crippen LogP contribution in [0, 0.1) is 0 Å². The van der Waals surface area contributed by atoms with Crippen LogP contribution >= 0.6 is 0 Å². The van der Waals surface area contributed by atoms with E-state index in [0.29, 0.717) is 6.10 Å². The summed E-state index contributed by atoms with van der Waals surface area (Å²) in [5.74, 6) is 0. The standard InChI is InChI=1S/C10H22O3Si/c1-4-12-14(2,3)13-8-6-5-7-10-9-11-10/h10H,4-9H2,1-3H3. The molecule has 1 aliphatic heterocycles. The van der Waals surface area contributed by atoms with Crippen LogP contribution in [0.15, 0.2) is 0 Å². The Bertz CT molecular complexity index is 157. The Morgan fingerprint density at radius 2 is 2.00 bits per heavy atom. The van der Waals surface area contributed by atoms with Crippen LogP contribution in [0.1, 0.15) is 26.2 Å². The molecule has 0 radical (unpaired) electrons. The average Bonchev–Trinajstić information content (AvgIpc) is 2.87. The van der Waals surface area contributed by atoms with Crippen molar-refractivity contribution in [3.05, 3.63) is 0 Å². The molecule has 1 heterocycles. The van der Waals surface area contributed by atoms with Crippen molar-refractivity contribution in [2.45, 2.75) is 45.4 Å². The molecule has 0 aromatic rings. The zero-order chi connectivity index (χ0) is 10.4. The normalized spacial score (nSPS) is 21.2. The van der Waals surface area contributed by atoms with Gasteiger partial charge < -0.3 is 13.6 Å². The first-order chi connectivity index (χ1) is 6.64. The van der Waals surface area contributed by atoms with Gasteiger partial charge in [-0.15, -0.1) is 0 Å². The molecule has 0 amide bonds. The Hall–Kier alpha value is 0.0969. The van der Waals surface area contributed by atoms with Crippen LogP contribution in [-0.4, -0.2) is 34.5 Å². The lowest BCUT2D eigenvalue weighted by atomic mass is 10.2. The first-order valence-corrected chi connectivity index (χ1v) is 8.35. The van der Waals surface area contributed by atoms with Gasteiger partial charge in [-0.2, -0.15) is 0 Å². The molecule has 14 heavy (non-hydrogen) atoms. The molecule has 3 nitrogen and oxygen atoms in total. The fraction of sp³-hybridized carbons (Fsp3) is 1.00. The topological polar surface area (TPSA) is 31.0 Å². The van der Waals surface area contributed by atoms with Crippen LogP contribution in [0.2, 0.25) is 13.1 Å². The van der Waals surface area contributed by atoms with E-state index in [1.807, 2.05) is 6.92 Å². The molecule has 1 aliphatic rings. The van der Waals surface area contributed by atoms with Gasteiger partial charge in [0.15, 0.2) is 0 Å². The quantitative estimate of drug-likeness (QED) is 0.356. The molecule has 1 fully saturated rings. The molecular formula is C10H22O3Si. The first kappa shape index (κ1) is 12.2. The molecule has 0 N–H and O–H groups in total. The van der Waals surface area contributed by atoms with Gasteiger partial charge in [-0.25, -0.2) is 0 Å². The van der Waals surface area contributed by atoms with Crippen LogP contribution < -0.4 is 0 Å². The Morgan fingerprint density at radius 1 is 1.29 bits per heavy atom. The first-order valence-electron chi connectivity index (χ1n) is 5.53. The van der Waals surface area contributed by atoms with Gasteiger partial charge in [-0.1, -0.05) is 0 Å². The van der Waals surface area contributed by atoms with E-state index in [9.17, 15) is 0 Å². The number of epoxide rings is 1. The highest BCUT2D eigenvalue weighted by Gasteiger charge is 2.24. The van der Waals surface area contributed by atoms with Gasteiger partial charge in [-0.3, -0.25) is 0 Å². The minimum atomic E-state index is -1.80. The van der Waals surface area contributed by atoms with E-state index in [2.05, 4.69) is 13.1 Å². The SMILES string of the molecule is CCO[Si](C)(C)OCCCCC1CO1. The summed E-state index contributed by atoms with van der Waals surface area (Å²) in [6, 6.07) is 0. The second-order valence-corrected chi connectivity index (χ2v) is 7.51. The molecule has 0 bridgehead atoms. The maximum absolute atomic E-state index is 5.75. The van der Waals surface area contributed by atoms with Crippen LogP contribution in [0.3, 0.4) is 0 Å². The average molecular weight is 218 g/mol. The summed E-state index contributed by atoms with van der Waals surface area (Å²) in [5.41, 5.74) is 0. The third-order valence-corrected chi connectivity index (χ3v) is 4.15. The van der Waals surface area contributed by atoms with E-state index in [0.717, 1.165) is 26.2 Å². The molecule has 1 unspecified atom stereocenters. The highest BCUT2D eigenvalue weighted by Crippen LogP contribution is 2.16. The van der Waals surface area contributed by atoms with Gasteiger partial charge >= 0.3 is 8.56 Å². The van der Waals surface area contributed by atoms with E-state index in [1.165, 1.54) is 12.8 Å². The minimum Gasteiger partial charge on any atom is -0.395 e. The maximum atomic E-state index is 5.75. The van der Waals surface area contributed by atoms with Crippen molar-refractivity contribution in [1.29, 1.82) is 0 Å². The number of hydrogen-bond acceptors (Lipinski definition) is 3. The van der Waals surface area contributed by atoms with Crippen molar-refractivity contribution in [2.24, 2.45) is 0 Å². The molecule has 1 atom stereocenters. The molecule has 4 heteroatoms. The second-order valence-electron chi connectivity index (χ2n) is 4.13. The lowest BCUT2D eigenvalue weighted by molar-refractivity contribution is 0.183.